The van der Waals surface area contributed by atoms with Crippen LogP contribution in [0.4, 0.5) is 24.5 Å². The Hall–Kier alpha value is -3.19. The summed E-state index contributed by atoms with van der Waals surface area (Å²) < 4.78 is 64.4. The van der Waals surface area contributed by atoms with E-state index in [1.807, 2.05) is 4.90 Å². The van der Waals surface area contributed by atoms with Crippen molar-refractivity contribution in [3.63, 3.8) is 0 Å². The maximum atomic E-state index is 13.1. The molecule has 1 saturated heterocycles. The van der Waals surface area contributed by atoms with E-state index in [9.17, 15) is 31.7 Å². The first kappa shape index (κ1) is 24.0. The average molecular weight is 497 g/mol. The van der Waals surface area contributed by atoms with E-state index in [-0.39, 0.29) is 46.3 Å². The molecule has 1 fully saturated rings. The third-order valence-corrected chi connectivity index (χ3v) is 7.39. The minimum atomic E-state index is -4.20. The van der Waals surface area contributed by atoms with Gasteiger partial charge in [-0.3, -0.25) is 10.1 Å². The lowest BCUT2D eigenvalue weighted by Crippen LogP contribution is -2.28. The van der Waals surface area contributed by atoms with Crippen LogP contribution in [0.25, 0.3) is 11.0 Å². The minimum absolute atomic E-state index is 0.0178. The molecular formula is C21H22F3N5O4S. The molecule has 1 aromatic carbocycles. The van der Waals surface area contributed by atoms with Gasteiger partial charge in [0.25, 0.3) is 10.0 Å². The van der Waals surface area contributed by atoms with Crippen LogP contribution in [0.3, 0.4) is 0 Å². The maximum absolute atomic E-state index is 13.1. The lowest BCUT2D eigenvalue weighted by Gasteiger charge is -2.18. The highest BCUT2D eigenvalue weighted by Gasteiger charge is 2.30. The largest absolute Gasteiger partial charge is 0.389 e. The quantitative estimate of drug-likeness (QED) is 0.370. The van der Waals surface area contributed by atoms with Crippen molar-refractivity contribution in [2.75, 3.05) is 25.0 Å². The Kier molecular flexibility index (Phi) is 6.49. The first-order valence-corrected chi connectivity index (χ1v) is 12.0. The van der Waals surface area contributed by atoms with Crippen molar-refractivity contribution < 1.29 is 26.5 Å². The lowest BCUT2D eigenvalue weighted by molar-refractivity contribution is -0.384. The molecule has 3 heterocycles. The van der Waals surface area contributed by atoms with Crippen molar-refractivity contribution in [1.82, 2.24) is 13.9 Å². The van der Waals surface area contributed by atoms with Gasteiger partial charge in [0.1, 0.15) is 11.9 Å². The molecule has 0 saturated carbocycles. The molecule has 34 heavy (non-hydrogen) atoms. The molecule has 1 aliphatic rings. The molecule has 0 amide bonds. The summed E-state index contributed by atoms with van der Waals surface area (Å²) in [6.45, 7) is 1.25. The number of nitrogens with zero attached hydrogens (tertiary/aromatic N) is 4. The Labute approximate surface area is 193 Å². The average Bonchev–Trinajstić information content (AvgIpc) is 3.41. The van der Waals surface area contributed by atoms with E-state index in [0.717, 1.165) is 10.2 Å². The number of pyridine rings is 1. The number of rotatable bonds is 8. The number of nitrogens with one attached hydrogen (secondary N) is 1. The van der Waals surface area contributed by atoms with E-state index >= 15 is 0 Å². The SMILES string of the molecule is O=[N+]([O-])c1cnc2c(ccn2S(=O)(=O)c2ccccc2)c1N[C@H]1CCN(CCCC(F)(F)F)C1. The van der Waals surface area contributed by atoms with Gasteiger partial charge in [0.15, 0.2) is 5.65 Å². The van der Waals surface area contributed by atoms with Gasteiger partial charge in [0.2, 0.25) is 0 Å². The summed E-state index contributed by atoms with van der Waals surface area (Å²) in [6, 6.07) is 8.95. The third-order valence-electron chi connectivity index (χ3n) is 5.71. The van der Waals surface area contributed by atoms with Crippen LogP contribution in [-0.4, -0.2) is 59.0 Å². The van der Waals surface area contributed by atoms with Gasteiger partial charge in [-0.05, 0) is 37.6 Å². The number of likely N-dealkylation sites (tertiary alicyclic amines) is 1. The molecule has 0 radical (unpaired) electrons. The van der Waals surface area contributed by atoms with Gasteiger partial charge < -0.3 is 10.2 Å². The summed E-state index contributed by atoms with van der Waals surface area (Å²) >= 11 is 0. The topological polar surface area (TPSA) is 110 Å². The Balaban J connectivity index is 1.60. The first-order valence-electron chi connectivity index (χ1n) is 10.6. The summed E-state index contributed by atoms with van der Waals surface area (Å²) in [6.07, 6.45) is -2.19. The summed E-state index contributed by atoms with van der Waals surface area (Å²) in [4.78, 5) is 17.0. The van der Waals surface area contributed by atoms with Crippen molar-refractivity contribution in [1.29, 1.82) is 0 Å². The lowest BCUT2D eigenvalue weighted by atomic mass is 10.2. The van der Waals surface area contributed by atoms with Crippen molar-refractivity contribution in [2.45, 2.75) is 36.4 Å². The van der Waals surface area contributed by atoms with Gasteiger partial charge in [-0.1, -0.05) is 18.2 Å². The number of nitro groups is 1. The Bertz CT molecular complexity index is 1290. The molecule has 9 nitrogen and oxygen atoms in total. The Morgan fingerprint density at radius 3 is 2.62 bits per heavy atom. The van der Waals surface area contributed by atoms with Crippen LogP contribution in [0.2, 0.25) is 0 Å². The Morgan fingerprint density at radius 2 is 1.94 bits per heavy atom. The number of hydrogen-bond acceptors (Lipinski definition) is 7. The number of aromatic nitrogens is 2. The van der Waals surface area contributed by atoms with Gasteiger partial charge >= 0.3 is 11.9 Å². The van der Waals surface area contributed by atoms with E-state index in [1.165, 1.54) is 24.4 Å². The number of hydrogen-bond donors (Lipinski definition) is 1. The first-order chi connectivity index (χ1) is 16.1. The van der Waals surface area contributed by atoms with Crippen LogP contribution >= 0.6 is 0 Å². The predicted molar refractivity (Wildman–Crippen MR) is 119 cm³/mol. The third kappa shape index (κ3) is 4.99. The molecule has 0 aliphatic carbocycles. The molecule has 1 N–H and O–H groups in total. The predicted octanol–water partition coefficient (Wildman–Crippen LogP) is 4.01. The molecule has 0 bridgehead atoms. The van der Waals surface area contributed by atoms with Crippen LogP contribution in [0.1, 0.15) is 19.3 Å². The molecular weight excluding hydrogens is 475 g/mol. The highest BCUT2D eigenvalue weighted by Crippen LogP contribution is 2.35. The van der Waals surface area contributed by atoms with E-state index in [0.29, 0.717) is 19.5 Å². The molecule has 182 valence electrons. The van der Waals surface area contributed by atoms with E-state index in [4.69, 9.17) is 0 Å². The van der Waals surface area contributed by atoms with Crippen LogP contribution in [0, 0.1) is 10.1 Å². The van der Waals surface area contributed by atoms with Gasteiger partial charge in [-0.2, -0.15) is 13.2 Å². The molecule has 2 aromatic heterocycles. The second kappa shape index (κ2) is 9.22. The zero-order valence-corrected chi connectivity index (χ0v) is 18.7. The number of alkyl halides is 3. The van der Waals surface area contributed by atoms with Crippen molar-refractivity contribution in [3.05, 3.63) is 58.9 Å². The standard InChI is InChI=1S/C21H22F3N5O4S/c22-21(23,24)9-4-10-27-11-7-15(14-27)26-19-17-8-12-28(20(17)25-13-18(19)29(30)31)34(32,33)16-5-2-1-3-6-16/h1-3,5-6,8,12-13,15H,4,7,9-11,14H2,(H,25,26)/t15-/m0/s1. The monoisotopic (exact) mass is 497 g/mol. The number of anilines is 1. The van der Waals surface area contributed by atoms with Crippen molar-refractivity contribution >= 4 is 32.4 Å². The number of halogens is 3. The fraction of sp³-hybridized carbons (Fsp3) is 0.381. The molecule has 4 rings (SSSR count). The number of benzene rings is 1. The molecule has 0 unspecified atom stereocenters. The van der Waals surface area contributed by atoms with Crippen molar-refractivity contribution in [2.24, 2.45) is 0 Å². The van der Waals surface area contributed by atoms with Gasteiger partial charge in [-0.25, -0.2) is 17.4 Å². The highest BCUT2D eigenvalue weighted by molar-refractivity contribution is 7.90. The summed E-state index contributed by atoms with van der Waals surface area (Å²) in [7, 11) is -3.97. The molecule has 1 atom stereocenters. The summed E-state index contributed by atoms with van der Waals surface area (Å²) in [5, 5.41) is 15.0. The molecule has 3 aromatic rings. The van der Waals surface area contributed by atoms with Crippen LogP contribution in [0.5, 0.6) is 0 Å². The number of fused-ring (bicyclic) bond motifs is 1. The minimum Gasteiger partial charge on any atom is -0.375 e. The van der Waals surface area contributed by atoms with Gasteiger partial charge in [-0.15, -0.1) is 0 Å². The van der Waals surface area contributed by atoms with Crippen LogP contribution in [-0.2, 0) is 10.0 Å². The molecule has 13 heteroatoms. The second-order valence-corrected chi connectivity index (χ2v) is 9.91. The maximum Gasteiger partial charge on any atom is 0.389 e. The summed E-state index contributed by atoms with van der Waals surface area (Å²) in [5.74, 6) is 0. The summed E-state index contributed by atoms with van der Waals surface area (Å²) in [5.41, 5.74) is -0.131. The fourth-order valence-electron chi connectivity index (χ4n) is 4.10. The van der Waals surface area contributed by atoms with Crippen LogP contribution in [0.15, 0.2) is 53.7 Å². The van der Waals surface area contributed by atoms with Gasteiger partial charge in [0, 0.05) is 31.7 Å². The highest BCUT2D eigenvalue weighted by atomic mass is 32.2. The zero-order chi connectivity index (χ0) is 24.5. The normalized spacial score (nSPS) is 17.3. The molecule has 0 spiro atoms. The smallest absolute Gasteiger partial charge is 0.375 e. The van der Waals surface area contributed by atoms with E-state index < -0.39 is 27.5 Å². The zero-order valence-electron chi connectivity index (χ0n) is 17.9. The van der Waals surface area contributed by atoms with Crippen molar-refractivity contribution in [3.8, 4) is 0 Å². The Morgan fingerprint density at radius 1 is 1.21 bits per heavy atom. The van der Waals surface area contributed by atoms with Crippen LogP contribution < -0.4 is 5.32 Å². The van der Waals surface area contributed by atoms with Gasteiger partial charge in [0.05, 0.1) is 15.2 Å². The van der Waals surface area contributed by atoms with E-state index in [1.54, 1.807) is 18.2 Å². The fourth-order valence-corrected chi connectivity index (χ4v) is 5.43. The van der Waals surface area contributed by atoms with E-state index in [2.05, 4.69) is 10.3 Å². The molecule has 1 aliphatic heterocycles. The second-order valence-electron chi connectivity index (χ2n) is 8.09.